The zero-order valence-corrected chi connectivity index (χ0v) is 13.9. The van der Waals surface area contributed by atoms with Gasteiger partial charge in [0.1, 0.15) is 0 Å². The zero-order valence-electron chi connectivity index (χ0n) is 12.3. The standard InChI is InChI=1S/C17H22N2S2/c1-2-6-16(7-3-1)8-4-9-17(20-12-5-13-21-17)14-19-11-10-18-15-19/h1-3,6-7,10-11,15H,4-5,8-9,12-14H2. The highest BCUT2D eigenvalue weighted by atomic mass is 32.2. The molecule has 0 bridgehead atoms. The number of nitrogens with zero attached hydrogens (tertiary/aromatic N) is 2. The molecule has 0 N–H and O–H groups in total. The van der Waals surface area contributed by atoms with Crippen molar-refractivity contribution in [2.75, 3.05) is 11.5 Å². The summed E-state index contributed by atoms with van der Waals surface area (Å²) in [5.74, 6) is 2.60. The molecule has 1 aliphatic rings. The van der Waals surface area contributed by atoms with Gasteiger partial charge < -0.3 is 4.57 Å². The van der Waals surface area contributed by atoms with Gasteiger partial charge in [-0.05, 0) is 42.8 Å². The van der Waals surface area contributed by atoms with Gasteiger partial charge in [-0.3, -0.25) is 0 Å². The predicted molar refractivity (Wildman–Crippen MR) is 93.9 cm³/mol. The van der Waals surface area contributed by atoms with Crippen molar-refractivity contribution in [1.82, 2.24) is 9.55 Å². The van der Waals surface area contributed by atoms with Crippen molar-refractivity contribution in [1.29, 1.82) is 0 Å². The molecule has 1 saturated heterocycles. The van der Waals surface area contributed by atoms with Crippen LogP contribution in [-0.4, -0.2) is 25.1 Å². The Morgan fingerprint density at radius 2 is 1.95 bits per heavy atom. The van der Waals surface area contributed by atoms with Crippen LogP contribution < -0.4 is 0 Å². The van der Waals surface area contributed by atoms with Gasteiger partial charge in [-0.1, -0.05) is 30.3 Å². The molecule has 1 aromatic heterocycles. The first-order valence-electron chi connectivity index (χ1n) is 7.64. The Balaban J connectivity index is 1.59. The number of rotatable bonds is 6. The van der Waals surface area contributed by atoms with Crippen LogP contribution >= 0.6 is 23.5 Å². The van der Waals surface area contributed by atoms with E-state index >= 15 is 0 Å². The lowest BCUT2D eigenvalue weighted by Crippen LogP contribution is -2.30. The van der Waals surface area contributed by atoms with Gasteiger partial charge in [-0.2, -0.15) is 0 Å². The van der Waals surface area contributed by atoms with E-state index in [1.165, 1.54) is 42.8 Å². The highest BCUT2D eigenvalue weighted by Crippen LogP contribution is 2.46. The molecular weight excluding hydrogens is 296 g/mol. The van der Waals surface area contributed by atoms with Crippen LogP contribution in [0, 0.1) is 0 Å². The van der Waals surface area contributed by atoms with E-state index in [2.05, 4.69) is 69.6 Å². The van der Waals surface area contributed by atoms with E-state index in [0.29, 0.717) is 4.08 Å². The zero-order chi connectivity index (χ0) is 14.4. The van der Waals surface area contributed by atoms with E-state index in [-0.39, 0.29) is 0 Å². The molecule has 2 aromatic rings. The summed E-state index contributed by atoms with van der Waals surface area (Å²) in [5, 5.41) is 0. The Bertz CT molecular complexity index is 519. The van der Waals surface area contributed by atoms with Crippen molar-refractivity contribution in [2.45, 2.75) is 36.3 Å². The Hall–Kier alpha value is -0.870. The maximum atomic E-state index is 4.19. The first-order valence-corrected chi connectivity index (χ1v) is 9.61. The fraction of sp³-hybridized carbons (Fsp3) is 0.471. The molecule has 0 saturated carbocycles. The third-order valence-corrected chi connectivity index (χ3v) is 7.28. The van der Waals surface area contributed by atoms with Crippen LogP contribution in [0.15, 0.2) is 49.1 Å². The summed E-state index contributed by atoms with van der Waals surface area (Å²) in [5.41, 5.74) is 1.46. The van der Waals surface area contributed by atoms with Crippen molar-refractivity contribution < 1.29 is 0 Å². The molecule has 0 radical (unpaired) electrons. The van der Waals surface area contributed by atoms with E-state index in [1.54, 1.807) is 0 Å². The molecule has 2 nitrogen and oxygen atoms in total. The normalized spacial score (nSPS) is 17.7. The van der Waals surface area contributed by atoms with Crippen LogP contribution in [0.25, 0.3) is 0 Å². The molecule has 3 rings (SSSR count). The molecule has 0 spiro atoms. The average molecular weight is 319 g/mol. The highest BCUT2D eigenvalue weighted by molar-refractivity contribution is 8.18. The predicted octanol–water partition coefficient (Wildman–Crippen LogP) is 4.47. The fourth-order valence-corrected chi connectivity index (χ4v) is 6.19. The van der Waals surface area contributed by atoms with Crippen LogP contribution in [0.1, 0.15) is 24.8 Å². The van der Waals surface area contributed by atoms with E-state index in [1.807, 2.05) is 12.5 Å². The summed E-state index contributed by atoms with van der Waals surface area (Å²) in [4.78, 5) is 4.19. The summed E-state index contributed by atoms with van der Waals surface area (Å²) in [6, 6.07) is 10.9. The molecule has 0 atom stereocenters. The molecular formula is C17H22N2S2. The monoisotopic (exact) mass is 318 g/mol. The SMILES string of the molecule is c1ccc(CCCC2(Cn3ccnc3)SCCCS2)cc1. The lowest BCUT2D eigenvalue weighted by Gasteiger charge is -2.36. The molecule has 1 aromatic carbocycles. The largest absolute Gasteiger partial charge is 0.335 e. The topological polar surface area (TPSA) is 17.8 Å². The molecule has 2 heterocycles. The van der Waals surface area contributed by atoms with Crippen LogP contribution in [0.4, 0.5) is 0 Å². The van der Waals surface area contributed by atoms with Crippen molar-refractivity contribution in [3.63, 3.8) is 0 Å². The minimum atomic E-state index is 0.341. The summed E-state index contributed by atoms with van der Waals surface area (Å²) >= 11 is 4.32. The van der Waals surface area contributed by atoms with E-state index < -0.39 is 0 Å². The van der Waals surface area contributed by atoms with Crippen molar-refractivity contribution in [2.24, 2.45) is 0 Å². The fourth-order valence-electron chi connectivity index (χ4n) is 2.80. The molecule has 0 amide bonds. The van der Waals surface area contributed by atoms with Crippen molar-refractivity contribution >= 4 is 23.5 Å². The first kappa shape index (κ1) is 15.0. The summed E-state index contributed by atoms with van der Waals surface area (Å²) in [7, 11) is 0. The van der Waals surface area contributed by atoms with Gasteiger partial charge in [0, 0.05) is 18.9 Å². The van der Waals surface area contributed by atoms with E-state index in [4.69, 9.17) is 0 Å². The number of thioether (sulfide) groups is 2. The molecule has 1 fully saturated rings. The third kappa shape index (κ3) is 4.30. The van der Waals surface area contributed by atoms with E-state index in [0.717, 1.165) is 6.54 Å². The highest BCUT2D eigenvalue weighted by Gasteiger charge is 2.33. The molecule has 0 aliphatic carbocycles. The lowest BCUT2D eigenvalue weighted by molar-refractivity contribution is 0.566. The van der Waals surface area contributed by atoms with Gasteiger partial charge in [0.2, 0.25) is 0 Å². The smallest absolute Gasteiger partial charge is 0.0946 e. The molecule has 1 aliphatic heterocycles. The number of hydrogen-bond donors (Lipinski definition) is 0. The quantitative estimate of drug-likeness (QED) is 0.782. The molecule has 112 valence electrons. The Kier molecular flexibility index (Phi) is 5.31. The average Bonchev–Trinajstić information content (AvgIpc) is 3.02. The molecule has 21 heavy (non-hydrogen) atoms. The number of benzene rings is 1. The summed E-state index contributed by atoms with van der Waals surface area (Å²) in [6.07, 6.45) is 11.0. The van der Waals surface area contributed by atoms with Crippen LogP contribution in [0.2, 0.25) is 0 Å². The van der Waals surface area contributed by atoms with Crippen LogP contribution in [0.5, 0.6) is 0 Å². The van der Waals surface area contributed by atoms with Gasteiger partial charge in [0.15, 0.2) is 0 Å². The Labute approximate surface area is 135 Å². The summed E-state index contributed by atoms with van der Waals surface area (Å²) in [6.45, 7) is 1.08. The third-order valence-electron chi connectivity index (χ3n) is 3.87. The Morgan fingerprint density at radius 3 is 2.67 bits per heavy atom. The number of aryl methyl sites for hydroxylation is 1. The number of aromatic nitrogens is 2. The van der Waals surface area contributed by atoms with Gasteiger partial charge in [0.25, 0.3) is 0 Å². The van der Waals surface area contributed by atoms with Crippen LogP contribution in [-0.2, 0) is 13.0 Å². The van der Waals surface area contributed by atoms with Gasteiger partial charge >= 0.3 is 0 Å². The minimum absolute atomic E-state index is 0.341. The summed E-state index contributed by atoms with van der Waals surface area (Å²) < 4.78 is 2.58. The maximum absolute atomic E-state index is 4.19. The second-order valence-corrected chi connectivity index (χ2v) is 8.75. The number of hydrogen-bond acceptors (Lipinski definition) is 3. The molecule has 0 unspecified atom stereocenters. The molecule has 4 heteroatoms. The Morgan fingerprint density at radius 1 is 1.14 bits per heavy atom. The van der Waals surface area contributed by atoms with Crippen molar-refractivity contribution in [3.8, 4) is 0 Å². The van der Waals surface area contributed by atoms with Gasteiger partial charge in [-0.25, -0.2) is 4.98 Å². The lowest BCUT2D eigenvalue weighted by atomic mass is 10.1. The maximum Gasteiger partial charge on any atom is 0.0946 e. The first-order chi connectivity index (χ1) is 10.4. The van der Waals surface area contributed by atoms with Crippen LogP contribution in [0.3, 0.4) is 0 Å². The second kappa shape index (κ2) is 7.41. The van der Waals surface area contributed by atoms with Gasteiger partial charge in [-0.15, -0.1) is 23.5 Å². The minimum Gasteiger partial charge on any atom is -0.335 e. The van der Waals surface area contributed by atoms with E-state index in [9.17, 15) is 0 Å². The van der Waals surface area contributed by atoms with Gasteiger partial charge in [0.05, 0.1) is 10.4 Å². The second-order valence-electron chi connectivity index (χ2n) is 5.54. The number of imidazole rings is 1. The van der Waals surface area contributed by atoms with Crippen molar-refractivity contribution in [3.05, 3.63) is 54.6 Å².